The van der Waals surface area contributed by atoms with Gasteiger partial charge in [0, 0.05) is 10.6 Å². The monoisotopic (exact) mass is 202 g/mol. The van der Waals surface area contributed by atoms with Gasteiger partial charge in [-0.3, -0.25) is 0 Å². The first-order valence-corrected chi connectivity index (χ1v) is 3.83. The summed E-state index contributed by atoms with van der Waals surface area (Å²) in [7, 11) is 0. The van der Waals surface area contributed by atoms with Crippen molar-refractivity contribution in [2.24, 2.45) is 0 Å². The van der Waals surface area contributed by atoms with E-state index in [9.17, 15) is 15.2 Å². The molecule has 6 heteroatoms. The molecule has 0 aromatic heterocycles. The molecule has 0 aliphatic carbocycles. The van der Waals surface area contributed by atoms with Crippen molar-refractivity contribution in [3.63, 3.8) is 0 Å². The zero-order valence-electron chi connectivity index (χ0n) is 6.53. The highest BCUT2D eigenvalue weighted by Gasteiger charge is 2.07. The summed E-state index contributed by atoms with van der Waals surface area (Å²) in [5.74, 6) is -0.0538. The third kappa shape index (κ3) is 2.48. The molecule has 0 fully saturated rings. The number of phenols is 1. The van der Waals surface area contributed by atoms with Gasteiger partial charge in [0.1, 0.15) is 12.3 Å². The van der Waals surface area contributed by atoms with Gasteiger partial charge in [-0.05, 0) is 12.1 Å². The maximum Gasteiger partial charge on any atom is 0.157 e. The van der Waals surface area contributed by atoms with Crippen LogP contribution in [0.2, 0.25) is 5.02 Å². The van der Waals surface area contributed by atoms with E-state index in [-0.39, 0.29) is 12.3 Å². The second-order valence-electron chi connectivity index (χ2n) is 2.33. The number of phenolic OH excluding ortho intramolecular Hbond substituents is 1. The Balaban J connectivity index is 2.81. The average molecular weight is 203 g/mol. The first kappa shape index (κ1) is 9.60. The van der Waals surface area contributed by atoms with Crippen LogP contribution in [0.5, 0.6) is 5.75 Å². The summed E-state index contributed by atoms with van der Waals surface area (Å²) in [6, 6.07) is 4.54. The summed E-state index contributed by atoms with van der Waals surface area (Å²) in [6.07, 6.45) is 0. The molecule has 2 N–H and O–H groups in total. The van der Waals surface area contributed by atoms with Crippen molar-refractivity contribution >= 4 is 11.6 Å². The van der Waals surface area contributed by atoms with E-state index >= 15 is 0 Å². The predicted molar refractivity (Wildman–Crippen MR) is 47.0 cm³/mol. The Bertz CT molecular complexity index is 309. The van der Waals surface area contributed by atoms with Crippen LogP contribution in [0.1, 0.15) is 5.56 Å². The van der Waals surface area contributed by atoms with Crippen molar-refractivity contribution in [3.8, 4) is 5.75 Å². The Hall–Kier alpha value is -1.49. The molecule has 0 saturated carbocycles. The number of halogens is 1. The molecule has 1 rings (SSSR count). The van der Waals surface area contributed by atoms with Gasteiger partial charge in [0.2, 0.25) is 0 Å². The second kappa shape index (κ2) is 3.95. The quantitative estimate of drug-likeness (QED) is 0.573. The fourth-order valence-corrected chi connectivity index (χ4v) is 1.10. The minimum absolute atomic E-state index is 0.0538. The topological polar surface area (TPSA) is 75.4 Å². The lowest BCUT2D eigenvalue weighted by molar-refractivity contribution is -0.546. The van der Waals surface area contributed by atoms with Crippen molar-refractivity contribution < 1.29 is 10.1 Å². The molecule has 0 radical (unpaired) electrons. The number of aromatic hydroxyl groups is 1. The van der Waals surface area contributed by atoms with Gasteiger partial charge in [-0.15, -0.1) is 5.43 Å². The molecule has 0 spiro atoms. The molecule has 13 heavy (non-hydrogen) atoms. The summed E-state index contributed by atoms with van der Waals surface area (Å²) in [6.45, 7) is -0.0987. The minimum Gasteiger partial charge on any atom is -0.508 e. The molecular formula is C7H7ClN2O3. The third-order valence-electron chi connectivity index (χ3n) is 1.48. The standard InChI is InChI=1S/C7H7ClN2O3/c8-6-2-1-3-7(11)5(6)4-9-10(12)13/h1-3,9,11H,4H2. The number of hydrogen-bond donors (Lipinski definition) is 2. The van der Waals surface area contributed by atoms with E-state index in [0.717, 1.165) is 0 Å². The van der Waals surface area contributed by atoms with E-state index in [0.29, 0.717) is 10.6 Å². The van der Waals surface area contributed by atoms with Crippen LogP contribution in [0, 0.1) is 10.1 Å². The molecule has 70 valence electrons. The van der Waals surface area contributed by atoms with E-state index in [4.69, 9.17) is 11.6 Å². The number of nitrogens with zero attached hydrogens (tertiary/aromatic N) is 1. The van der Waals surface area contributed by atoms with Gasteiger partial charge < -0.3 is 5.11 Å². The Morgan fingerprint density at radius 2 is 2.31 bits per heavy atom. The molecule has 0 aliphatic rings. The van der Waals surface area contributed by atoms with Crippen LogP contribution in [0.4, 0.5) is 0 Å². The van der Waals surface area contributed by atoms with Crippen molar-refractivity contribution in [2.75, 3.05) is 0 Å². The van der Waals surface area contributed by atoms with Crippen LogP contribution in [0.25, 0.3) is 0 Å². The van der Waals surface area contributed by atoms with Crippen molar-refractivity contribution in [2.45, 2.75) is 6.54 Å². The number of rotatable bonds is 3. The summed E-state index contributed by atoms with van der Waals surface area (Å²) in [5, 5.41) is 18.8. The van der Waals surface area contributed by atoms with Gasteiger partial charge in [0.15, 0.2) is 5.03 Å². The van der Waals surface area contributed by atoms with Gasteiger partial charge in [-0.1, -0.05) is 17.7 Å². The first-order chi connectivity index (χ1) is 6.11. The van der Waals surface area contributed by atoms with Crippen molar-refractivity contribution in [1.82, 2.24) is 5.43 Å². The molecule has 5 nitrogen and oxygen atoms in total. The molecule has 1 aromatic carbocycles. The molecule has 0 unspecified atom stereocenters. The fourth-order valence-electron chi connectivity index (χ4n) is 0.866. The molecule has 0 saturated heterocycles. The summed E-state index contributed by atoms with van der Waals surface area (Å²) < 4.78 is 0. The van der Waals surface area contributed by atoms with Crippen LogP contribution in [-0.2, 0) is 6.54 Å². The zero-order chi connectivity index (χ0) is 9.84. The number of hydrogen-bond acceptors (Lipinski definition) is 3. The highest BCUT2D eigenvalue weighted by Crippen LogP contribution is 2.24. The maximum absolute atomic E-state index is 9.96. The molecule has 0 heterocycles. The molecule has 0 aliphatic heterocycles. The van der Waals surface area contributed by atoms with Crippen LogP contribution in [0.3, 0.4) is 0 Å². The normalized spacial score (nSPS) is 9.62. The highest BCUT2D eigenvalue weighted by atomic mass is 35.5. The zero-order valence-corrected chi connectivity index (χ0v) is 7.28. The van der Waals surface area contributed by atoms with E-state index in [2.05, 4.69) is 0 Å². The Kier molecular flexibility index (Phi) is 2.92. The first-order valence-electron chi connectivity index (χ1n) is 3.45. The second-order valence-corrected chi connectivity index (χ2v) is 2.74. The third-order valence-corrected chi connectivity index (χ3v) is 1.83. The number of nitro groups is 1. The van der Waals surface area contributed by atoms with Crippen LogP contribution >= 0.6 is 11.6 Å². The SMILES string of the molecule is O=[N+]([O-])NCc1c(O)cccc1Cl. The summed E-state index contributed by atoms with van der Waals surface area (Å²) >= 11 is 5.69. The van der Waals surface area contributed by atoms with Gasteiger partial charge in [0.05, 0.1) is 0 Å². The molecule has 0 amide bonds. The molecule has 0 atom stereocenters. The Morgan fingerprint density at radius 3 is 2.85 bits per heavy atom. The minimum atomic E-state index is -0.692. The smallest absolute Gasteiger partial charge is 0.157 e. The summed E-state index contributed by atoms with van der Waals surface area (Å²) in [4.78, 5) is 9.96. The van der Waals surface area contributed by atoms with E-state index in [1.165, 1.54) is 6.07 Å². The lowest BCUT2D eigenvalue weighted by Gasteiger charge is -2.03. The number of benzene rings is 1. The van der Waals surface area contributed by atoms with E-state index in [1.54, 1.807) is 12.1 Å². The van der Waals surface area contributed by atoms with Crippen molar-refractivity contribution in [3.05, 3.63) is 38.9 Å². The van der Waals surface area contributed by atoms with Gasteiger partial charge in [-0.25, -0.2) is 10.1 Å². The van der Waals surface area contributed by atoms with Crippen LogP contribution < -0.4 is 5.43 Å². The molecular weight excluding hydrogens is 196 g/mol. The van der Waals surface area contributed by atoms with E-state index < -0.39 is 5.03 Å². The van der Waals surface area contributed by atoms with Gasteiger partial charge in [0.25, 0.3) is 0 Å². The van der Waals surface area contributed by atoms with Crippen LogP contribution in [0.15, 0.2) is 18.2 Å². The van der Waals surface area contributed by atoms with E-state index in [1.807, 2.05) is 5.43 Å². The van der Waals surface area contributed by atoms with Crippen molar-refractivity contribution in [1.29, 1.82) is 0 Å². The van der Waals surface area contributed by atoms with Gasteiger partial charge in [-0.2, -0.15) is 0 Å². The maximum atomic E-state index is 9.96. The number of nitrogens with one attached hydrogen (secondary N) is 1. The number of hydrazine groups is 1. The van der Waals surface area contributed by atoms with Gasteiger partial charge >= 0.3 is 0 Å². The Labute approximate surface area is 79.1 Å². The molecule has 1 aromatic rings. The lowest BCUT2D eigenvalue weighted by atomic mass is 10.2. The highest BCUT2D eigenvalue weighted by molar-refractivity contribution is 6.31. The largest absolute Gasteiger partial charge is 0.508 e. The predicted octanol–water partition coefficient (Wildman–Crippen LogP) is 1.33. The van der Waals surface area contributed by atoms with Crippen LogP contribution in [-0.4, -0.2) is 10.1 Å². The fraction of sp³-hybridized carbons (Fsp3) is 0.143. The summed E-state index contributed by atoms with van der Waals surface area (Å²) in [5.41, 5.74) is 2.24. The molecule has 0 bridgehead atoms. The Morgan fingerprint density at radius 1 is 1.62 bits per heavy atom. The average Bonchev–Trinajstić information content (AvgIpc) is 2.03. The lowest BCUT2D eigenvalue weighted by Crippen LogP contribution is -2.20.